The average Bonchev–Trinajstić information content (AvgIpc) is 2.74. The molecule has 1 aromatic carbocycles. The maximum atomic E-state index is 9.10. The van der Waals surface area contributed by atoms with Crippen LogP contribution in [-0.4, -0.2) is 73.6 Å². The van der Waals surface area contributed by atoms with E-state index in [0.29, 0.717) is 23.7 Å². The fourth-order valence-corrected chi connectivity index (χ4v) is 3.70. The highest BCUT2D eigenvalue weighted by molar-refractivity contribution is 6.30. The Labute approximate surface area is 189 Å². The smallest absolute Gasteiger partial charge is 0.414 e. The number of methoxy groups -OCH3 is 2. The molecule has 0 aliphatic carbocycles. The number of nitrogens with zero attached hydrogens (tertiary/aromatic N) is 1. The van der Waals surface area contributed by atoms with Crippen molar-refractivity contribution in [1.29, 1.82) is 0 Å². The van der Waals surface area contributed by atoms with E-state index >= 15 is 0 Å². The number of carboxylic acids is 2. The number of carboxylic acid groups (broad SMARTS) is 2. The van der Waals surface area contributed by atoms with Gasteiger partial charge in [0, 0.05) is 24.7 Å². The van der Waals surface area contributed by atoms with Crippen molar-refractivity contribution in [1.82, 2.24) is 4.90 Å². The van der Waals surface area contributed by atoms with Crippen LogP contribution in [0.1, 0.15) is 39.0 Å². The lowest BCUT2D eigenvalue weighted by atomic mass is 9.91. The van der Waals surface area contributed by atoms with Gasteiger partial charge in [0.25, 0.3) is 0 Å². The number of halogens is 1. The van der Waals surface area contributed by atoms with Crippen LogP contribution in [-0.2, 0) is 14.3 Å². The Bertz CT molecular complexity index is 674. The molecule has 1 heterocycles. The third-order valence-corrected chi connectivity index (χ3v) is 5.40. The van der Waals surface area contributed by atoms with E-state index in [1.165, 1.54) is 38.8 Å². The van der Waals surface area contributed by atoms with Gasteiger partial charge in [0.05, 0.1) is 19.8 Å². The van der Waals surface area contributed by atoms with E-state index in [4.69, 9.17) is 45.6 Å². The molecule has 31 heavy (non-hydrogen) atoms. The number of carbonyl (C=O) groups is 2. The molecule has 1 saturated heterocycles. The minimum Gasteiger partial charge on any atom is -0.497 e. The fraction of sp³-hybridized carbons (Fsp3) is 0.636. The van der Waals surface area contributed by atoms with Crippen molar-refractivity contribution in [2.75, 3.05) is 40.5 Å². The number of benzene rings is 1. The first-order chi connectivity index (χ1) is 14.8. The van der Waals surface area contributed by atoms with Crippen LogP contribution in [0.25, 0.3) is 0 Å². The molecular formula is C22H34ClNO7. The quantitative estimate of drug-likeness (QED) is 0.402. The lowest BCUT2D eigenvalue weighted by Gasteiger charge is -2.37. The van der Waals surface area contributed by atoms with Crippen LogP contribution in [0.2, 0.25) is 5.02 Å². The van der Waals surface area contributed by atoms with Crippen LogP contribution in [0, 0.1) is 5.92 Å². The van der Waals surface area contributed by atoms with Gasteiger partial charge < -0.3 is 29.3 Å². The van der Waals surface area contributed by atoms with E-state index in [-0.39, 0.29) is 0 Å². The monoisotopic (exact) mass is 459 g/mol. The van der Waals surface area contributed by atoms with Crippen molar-refractivity contribution in [3.05, 3.63) is 23.2 Å². The highest BCUT2D eigenvalue weighted by atomic mass is 35.5. The summed E-state index contributed by atoms with van der Waals surface area (Å²) in [6, 6.07) is 5.48. The predicted octanol–water partition coefficient (Wildman–Crippen LogP) is 3.80. The highest BCUT2D eigenvalue weighted by Gasteiger charge is 2.28. The summed E-state index contributed by atoms with van der Waals surface area (Å²) in [5.74, 6) is -1.62. The number of likely N-dealkylation sites (tertiary alicyclic amines) is 1. The Morgan fingerprint density at radius 1 is 1.13 bits per heavy atom. The van der Waals surface area contributed by atoms with Crippen molar-refractivity contribution < 1.29 is 34.0 Å². The fourth-order valence-electron chi connectivity index (χ4n) is 3.48. The van der Waals surface area contributed by atoms with Crippen LogP contribution < -0.4 is 9.47 Å². The average molecular weight is 460 g/mol. The van der Waals surface area contributed by atoms with Crippen LogP contribution in [0.4, 0.5) is 0 Å². The lowest BCUT2D eigenvalue weighted by molar-refractivity contribution is -0.159. The van der Waals surface area contributed by atoms with Crippen molar-refractivity contribution in [3.63, 3.8) is 0 Å². The topological polar surface area (TPSA) is 106 Å². The standard InChI is InChI=1S/C20H32ClNO3.C2H2O4/c1-4-5-6-9-22-10-7-16(20(15-22)24-3)8-11-25-19-13-17(21)12-18(14-19)23-2;3-1(4)2(5)6/h12-14,16,20H,4-11,15H2,1-3H3;(H,3,4)(H,5,6)/t16-,20-;/m1./s1. The van der Waals surface area contributed by atoms with Crippen LogP contribution in [0.3, 0.4) is 0 Å². The van der Waals surface area contributed by atoms with Crippen LogP contribution in [0.5, 0.6) is 11.5 Å². The molecule has 0 spiro atoms. The number of hydrogen-bond acceptors (Lipinski definition) is 6. The third-order valence-electron chi connectivity index (χ3n) is 5.18. The van der Waals surface area contributed by atoms with E-state index in [9.17, 15) is 0 Å². The van der Waals surface area contributed by atoms with Crippen molar-refractivity contribution in [2.45, 2.75) is 45.1 Å². The van der Waals surface area contributed by atoms with E-state index in [1.807, 2.05) is 19.2 Å². The summed E-state index contributed by atoms with van der Waals surface area (Å²) in [6.07, 6.45) is 6.35. The summed E-state index contributed by atoms with van der Waals surface area (Å²) >= 11 is 6.08. The minimum absolute atomic E-state index is 0.299. The molecule has 1 aromatic rings. The van der Waals surface area contributed by atoms with Crippen LogP contribution >= 0.6 is 11.6 Å². The Morgan fingerprint density at radius 2 is 1.81 bits per heavy atom. The highest BCUT2D eigenvalue weighted by Crippen LogP contribution is 2.27. The summed E-state index contributed by atoms with van der Waals surface area (Å²) < 4.78 is 16.9. The Kier molecular flexibility index (Phi) is 13.0. The van der Waals surface area contributed by atoms with E-state index in [2.05, 4.69) is 11.8 Å². The third kappa shape index (κ3) is 10.7. The van der Waals surface area contributed by atoms with Gasteiger partial charge in [-0.05, 0) is 50.4 Å². The molecule has 1 aliphatic rings. The zero-order chi connectivity index (χ0) is 23.2. The number of rotatable bonds is 10. The number of ether oxygens (including phenoxy) is 3. The first-order valence-corrected chi connectivity index (χ1v) is 10.9. The number of unbranched alkanes of at least 4 members (excludes halogenated alkanes) is 2. The number of piperidine rings is 1. The van der Waals surface area contributed by atoms with E-state index < -0.39 is 11.9 Å². The lowest BCUT2D eigenvalue weighted by Crippen LogP contribution is -2.45. The van der Waals surface area contributed by atoms with Crippen molar-refractivity contribution >= 4 is 23.5 Å². The van der Waals surface area contributed by atoms with Gasteiger partial charge in [0.2, 0.25) is 0 Å². The summed E-state index contributed by atoms with van der Waals surface area (Å²) in [5.41, 5.74) is 0. The molecule has 0 radical (unpaired) electrons. The van der Waals surface area contributed by atoms with Gasteiger partial charge in [-0.2, -0.15) is 0 Å². The molecule has 176 valence electrons. The predicted molar refractivity (Wildman–Crippen MR) is 118 cm³/mol. The SMILES string of the molecule is CCCCCN1CC[C@H](CCOc2cc(Cl)cc(OC)c2)[C@H](OC)C1.O=C(O)C(=O)O. The molecule has 9 heteroatoms. The van der Waals surface area contributed by atoms with Crippen molar-refractivity contribution in [3.8, 4) is 11.5 Å². The van der Waals surface area contributed by atoms with Gasteiger partial charge in [-0.15, -0.1) is 0 Å². The number of hydrogen-bond donors (Lipinski definition) is 2. The Balaban J connectivity index is 0.000000703. The second kappa shape index (κ2) is 14.9. The largest absolute Gasteiger partial charge is 0.497 e. The molecule has 0 bridgehead atoms. The summed E-state index contributed by atoms with van der Waals surface area (Å²) in [6.45, 7) is 6.32. The van der Waals surface area contributed by atoms with Gasteiger partial charge in [-0.1, -0.05) is 31.4 Å². The van der Waals surface area contributed by atoms with Crippen LogP contribution in [0.15, 0.2) is 18.2 Å². The molecule has 8 nitrogen and oxygen atoms in total. The molecule has 0 amide bonds. The summed E-state index contributed by atoms with van der Waals surface area (Å²) in [4.78, 5) is 20.7. The molecule has 0 aromatic heterocycles. The normalized spacial score (nSPS) is 18.6. The zero-order valence-corrected chi connectivity index (χ0v) is 19.3. The van der Waals surface area contributed by atoms with Gasteiger partial charge in [-0.25, -0.2) is 9.59 Å². The van der Waals surface area contributed by atoms with Gasteiger partial charge in [0.1, 0.15) is 11.5 Å². The van der Waals surface area contributed by atoms with Gasteiger partial charge in [0.15, 0.2) is 0 Å². The maximum Gasteiger partial charge on any atom is 0.414 e. The molecule has 2 atom stereocenters. The zero-order valence-electron chi connectivity index (χ0n) is 18.5. The second-order valence-corrected chi connectivity index (χ2v) is 7.84. The molecular weight excluding hydrogens is 426 g/mol. The Morgan fingerprint density at radius 3 is 2.39 bits per heavy atom. The minimum atomic E-state index is -1.82. The molecule has 2 rings (SSSR count). The second-order valence-electron chi connectivity index (χ2n) is 7.40. The molecule has 1 fully saturated rings. The Hall–Kier alpha value is -2.03. The maximum absolute atomic E-state index is 9.10. The van der Waals surface area contributed by atoms with Gasteiger partial charge >= 0.3 is 11.9 Å². The summed E-state index contributed by atoms with van der Waals surface area (Å²) in [5, 5.41) is 15.4. The van der Waals surface area contributed by atoms with Gasteiger partial charge in [-0.3, -0.25) is 0 Å². The first kappa shape index (κ1) is 27.0. The molecule has 2 N–H and O–H groups in total. The molecule has 0 unspecified atom stereocenters. The molecule has 0 saturated carbocycles. The van der Waals surface area contributed by atoms with Crippen molar-refractivity contribution in [2.24, 2.45) is 5.92 Å². The first-order valence-electron chi connectivity index (χ1n) is 10.5. The van der Waals surface area contributed by atoms with E-state index in [0.717, 1.165) is 24.5 Å². The van der Waals surface area contributed by atoms with E-state index in [1.54, 1.807) is 13.2 Å². The number of aliphatic carboxylic acids is 2. The molecule has 1 aliphatic heterocycles. The summed E-state index contributed by atoms with van der Waals surface area (Å²) in [7, 11) is 3.46.